The summed E-state index contributed by atoms with van der Waals surface area (Å²) in [6, 6.07) is 8.98. The molecular weight excluding hydrogens is 449 g/mol. The number of benzene rings is 2. The van der Waals surface area contributed by atoms with E-state index >= 15 is 0 Å². The van der Waals surface area contributed by atoms with Gasteiger partial charge >= 0.3 is 0 Å². The van der Waals surface area contributed by atoms with Crippen molar-refractivity contribution in [3.05, 3.63) is 63.8 Å². The van der Waals surface area contributed by atoms with Gasteiger partial charge in [0.25, 0.3) is 11.5 Å². The number of hydrogen-bond donors (Lipinski definition) is 2. The van der Waals surface area contributed by atoms with Crippen molar-refractivity contribution >= 4 is 34.2 Å². The number of aromatic amines is 1. The molecule has 7 nitrogen and oxygen atoms in total. The maximum atomic E-state index is 13.5. The highest BCUT2D eigenvalue weighted by Crippen LogP contribution is 2.33. The van der Waals surface area contributed by atoms with Crippen molar-refractivity contribution in [1.82, 2.24) is 9.88 Å². The normalized spacial score (nSPS) is 17.1. The molecule has 2 atom stereocenters. The second-order valence-corrected chi connectivity index (χ2v) is 8.56. The van der Waals surface area contributed by atoms with Crippen molar-refractivity contribution in [2.45, 2.75) is 25.9 Å². The molecule has 1 aliphatic rings. The number of piperidine rings is 1. The topological polar surface area (TPSA) is 105 Å². The Morgan fingerprint density at radius 3 is 2.73 bits per heavy atom. The smallest absolute Gasteiger partial charge is 0.263 e. The number of halogens is 2. The van der Waals surface area contributed by atoms with E-state index in [4.69, 9.17) is 22.1 Å². The molecule has 3 aromatic rings. The van der Waals surface area contributed by atoms with Crippen LogP contribution in [0.25, 0.3) is 21.9 Å². The van der Waals surface area contributed by atoms with Gasteiger partial charge in [0.1, 0.15) is 11.6 Å². The summed E-state index contributed by atoms with van der Waals surface area (Å²) in [5.41, 5.74) is 6.27. The van der Waals surface area contributed by atoms with Gasteiger partial charge in [0.2, 0.25) is 5.91 Å². The quantitative estimate of drug-likeness (QED) is 0.594. The molecule has 1 saturated heterocycles. The number of nitrogens with zero attached hydrogens (tertiary/aromatic N) is 1. The van der Waals surface area contributed by atoms with E-state index in [1.165, 1.54) is 18.3 Å². The van der Waals surface area contributed by atoms with Gasteiger partial charge in [-0.2, -0.15) is 0 Å². The number of rotatable bonds is 5. The van der Waals surface area contributed by atoms with E-state index in [9.17, 15) is 18.8 Å². The Morgan fingerprint density at radius 1 is 1.21 bits per heavy atom. The molecule has 172 valence electrons. The fourth-order valence-electron chi connectivity index (χ4n) is 4.16. The second kappa shape index (κ2) is 9.23. The first-order valence-corrected chi connectivity index (χ1v) is 11.0. The summed E-state index contributed by atoms with van der Waals surface area (Å²) in [7, 11) is 0. The molecule has 1 aliphatic heterocycles. The summed E-state index contributed by atoms with van der Waals surface area (Å²) >= 11 is 6.21. The number of hydrogen-bond acceptors (Lipinski definition) is 4. The molecule has 2 amide bonds. The first kappa shape index (κ1) is 22.8. The highest BCUT2D eigenvalue weighted by molar-refractivity contribution is 6.33. The highest BCUT2D eigenvalue weighted by atomic mass is 35.5. The Balaban J connectivity index is 1.59. The Morgan fingerprint density at radius 2 is 2.00 bits per heavy atom. The fourth-order valence-corrected chi connectivity index (χ4v) is 4.43. The van der Waals surface area contributed by atoms with Gasteiger partial charge in [-0.1, -0.05) is 11.6 Å². The summed E-state index contributed by atoms with van der Waals surface area (Å²) in [4.78, 5) is 41.1. The third-order valence-corrected chi connectivity index (χ3v) is 6.20. The third-order valence-electron chi connectivity index (χ3n) is 5.89. The molecule has 0 bridgehead atoms. The molecule has 0 aliphatic carbocycles. The molecular formula is C24H23ClFN3O4. The first-order chi connectivity index (χ1) is 15.7. The molecule has 1 fully saturated rings. The van der Waals surface area contributed by atoms with Crippen LogP contribution in [0.5, 0.6) is 5.75 Å². The molecule has 3 N–H and O–H groups in total. The first-order valence-electron chi connectivity index (χ1n) is 10.6. The van der Waals surface area contributed by atoms with Crippen LogP contribution in [0.2, 0.25) is 5.02 Å². The minimum atomic E-state index is -0.817. The van der Waals surface area contributed by atoms with Gasteiger partial charge in [-0.3, -0.25) is 14.4 Å². The second-order valence-electron chi connectivity index (χ2n) is 8.15. The zero-order valence-corrected chi connectivity index (χ0v) is 18.7. The van der Waals surface area contributed by atoms with Crippen molar-refractivity contribution in [1.29, 1.82) is 0 Å². The summed E-state index contributed by atoms with van der Waals surface area (Å²) < 4.78 is 19.3. The fraction of sp³-hybridized carbons (Fsp3) is 0.292. The van der Waals surface area contributed by atoms with Crippen LogP contribution >= 0.6 is 11.6 Å². The molecule has 0 radical (unpaired) electrons. The lowest BCUT2D eigenvalue weighted by Crippen LogP contribution is -2.48. The number of carbonyl (C=O) groups is 2. The number of nitrogens with two attached hydrogens (primary N) is 1. The van der Waals surface area contributed by atoms with Crippen molar-refractivity contribution < 1.29 is 18.7 Å². The zero-order chi connectivity index (χ0) is 23.7. The van der Waals surface area contributed by atoms with E-state index < -0.39 is 17.8 Å². The van der Waals surface area contributed by atoms with Crippen LogP contribution in [-0.4, -0.2) is 40.9 Å². The number of aromatic nitrogens is 1. The lowest BCUT2D eigenvalue weighted by atomic mass is 9.97. The van der Waals surface area contributed by atoms with Crippen LogP contribution in [0.3, 0.4) is 0 Å². The molecule has 9 heteroatoms. The number of fused-ring (bicyclic) bond motifs is 1. The average molecular weight is 472 g/mol. The number of H-pyrrole nitrogens is 1. The van der Waals surface area contributed by atoms with Gasteiger partial charge in [-0.15, -0.1) is 0 Å². The van der Waals surface area contributed by atoms with Crippen molar-refractivity contribution in [3.63, 3.8) is 0 Å². The lowest BCUT2D eigenvalue weighted by molar-refractivity contribution is -0.141. The Labute approximate surface area is 194 Å². The van der Waals surface area contributed by atoms with E-state index in [0.29, 0.717) is 47.0 Å². The number of primary amides is 1. The number of carbonyl (C=O) groups excluding carboxylic acids is 2. The van der Waals surface area contributed by atoms with Crippen LogP contribution in [-0.2, 0) is 9.59 Å². The molecule has 2 heterocycles. The monoisotopic (exact) mass is 471 g/mol. The standard InChI is InChI=1S/C24H23ClFN3O4/c1-13(24(32)29-8-2-3-14(12-29)22(27)30)33-16-5-7-17-19(10-16)23(31)28-11-20(17)18-6-4-15(26)9-21(18)25/h4-7,9-11,13-14H,2-3,8,12H2,1H3,(H2,27,30)(H,28,31)/t13-,14?/m1/s1. The van der Waals surface area contributed by atoms with Crippen molar-refractivity contribution in [2.75, 3.05) is 13.1 Å². The summed E-state index contributed by atoms with van der Waals surface area (Å²) in [6.07, 6.45) is 2.08. The van der Waals surface area contributed by atoms with Crippen LogP contribution in [0, 0.1) is 11.7 Å². The summed E-state index contributed by atoms with van der Waals surface area (Å²) in [6.45, 7) is 2.44. The van der Waals surface area contributed by atoms with Crippen molar-refractivity contribution in [3.8, 4) is 16.9 Å². The minimum absolute atomic E-state index is 0.221. The highest BCUT2D eigenvalue weighted by Gasteiger charge is 2.30. The van der Waals surface area contributed by atoms with Gasteiger partial charge < -0.3 is 20.4 Å². The van der Waals surface area contributed by atoms with Gasteiger partial charge in [-0.05, 0) is 61.5 Å². The summed E-state index contributed by atoms with van der Waals surface area (Å²) in [5, 5.41) is 1.18. The molecule has 0 saturated carbocycles. The number of pyridine rings is 1. The summed E-state index contributed by atoms with van der Waals surface area (Å²) in [5.74, 6) is -1.12. The maximum Gasteiger partial charge on any atom is 0.263 e. The Hall–Kier alpha value is -3.39. The molecule has 33 heavy (non-hydrogen) atoms. The third kappa shape index (κ3) is 4.71. The number of amides is 2. The van der Waals surface area contributed by atoms with Gasteiger partial charge in [0.05, 0.1) is 16.3 Å². The predicted octanol–water partition coefficient (Wildman–Crippen LogP) is 3.48. The minimum Gasteiger partial charge on any atom is -0.481 e. The maximum absolute atomic E-state index is 13.5. The Bertz CT molecular complexity index is 1290. The van der Waals surface area contributed by atoms with E-state index in [0.717, 1.165) is 0 Å². The van der Waals surface area contributed by atoms with Gasteiger partial charge in [-0.25, -0.2) is 4.39 Å². The van der Waals surface area contributed by atoms with Crippen LogP contribution in [0.15, 0.2) is 47.4 Å². The van der Waals surface area contributed by atoms with Gasteiger partial charge in [0.15, 0.2) is 6.10 Å². The lowest BCUT2D eigenvalue weighted by Gasteiger charge is -2.33. The molecule has 1 aromatic heterocycles. The average Bonchev–Trinajstić information content (AvgIpc) is 2.79. The van der Waals surface area contributed by atoms with E-state index in [2.05, 4.69) is 4.98 Å². The predicted molar refractivity (Wildman–Crippen MR) is 124 cm³/mol. The van der Waals surface area contributed by atoms with E-state index in [1.807, 2.05) is 0 Å². The molecule has 4 rings (SSSR count). The SMILES string of the molecule is C[C@@H](Oc1ccc2c(-c3ccc(F)cc3Cl)c[nH]c(=O)c2c1)C(=O)N1CCCC(C(N)=O)C1. The number of ether oxygens (including phenoxy) is 1. The number of likely N-dealkylation sites (tertiary alicyclic amines) is 1. The van der Waals surface area contributed by atoms with Crippen molar-refractivity contribution in [2.24, 2.45) is 11.7 Å². The molecule has 2 aromatic carbocycles. The zero-order valence-electron chi connectivity index (χ0n) is 17.9. The van der Waals surface area contributed by atoms with Gasteiger partial charge in [0, 0.05) is 30.4 Å². The van der Waals surface area contributed by atoms with E-state index in [-0.39, 0.29) is 29.0 Å². The largest absolute Gasteiger partial charge is 0.481 e. The Kier molecular flexibility index (Phi) is 6.37. The molecule has 1 unspecified atom stereocenters. The number of nitrogens with one attached hydrogen (secondary N) is 1. The van der Waals surface area contributed by atoms with E-state index in [1.54, 1.807) is 36.1 Å². The van der Waals surface area contributed by atoms with Crippen LogP contribution in [0.4, 0.5) is 4.39 Å². The van der Waals surface area contributed by atoms with Crippen LogP contribution in [0.1, 0.15) is 19.8 Å². The molecule has 0 spiro atoms. The van der Waals surface area contributed by atoms with Crippen LogP contribution < -0.4 is 16.0 Å².